The van der Waals surface area contributed by atoms with Gasteiger partial charge in [-0.1, -0.05) is 94.3 Å². The monoisotopic (exact) mass is 624 g/mol. The predicted octanol–water partition coefficient (Wildman–Crippen LogP) is 5.32. The fraction of sp³-hybridized carbons (Fsp3) is 0.361. The molecular formula is C36H44N6O4. The van der Waals surface area contributed by atoms with Crippen molar-refractivity contribution in [2.45, 2.75) is 77.1 Å². The highest BCUT2D eigenvalue weighted by Gasteiger charge is 2.35. The molecule has 2 unspecified atom stereocenters. The maximum Gasteiger partial charge on any atom is 0.408 e. The summed E-state index contributed by atoms with van der Waals surface area (Å²) in [5, 5.41) is 5.92. The van der Waals surface area contributed by atoms with E-state index in [4.69, 9.17) is 4.74 Å². The molecule has 3 N–H and O–H groups in total. The van der Waals surface area contributed by atoms with Crippen molar-refractivity contribution in [2.24, 2.45) is 0 Å². The molecule has 2 aromatic heterocycles. The van der Waals surface area contributed by atoms with E-state index in [-0.39, 0.29) is 30.9 Å². The van der Waals surface area contributed by atoms with Crippen molar-refractivity contribution in [1.29, 1.82) is 0 Å². The second-order valence-electron chi connectivity index (χ2n) is 12.0. The second-order valence-corrected chi connectivity index (χ2v) is 12.0. The van der Waals surface area contributed by atoms with Gasteiger partial charge in [-0.25, -0.2) is 9.78 Å². The Morgan fingerprint density at radius 1 is 0.935 bits per heavy atom. The molecule has 0 bridgehead atoms. The van der Waals surface area contributed by atoms with Crippen molar-refractivity contribution in [3.05, 3.63) is 120 Å². The predicted molar refractivity (Wildman–Crippen MR) is 176 cm³/mol. The number of aromatic nitrogens is 3. The number of unbranched alkanes of at least 4 members (excludes halogenated alkanes) is 1. The molecular weight excluding hydrogens is 580 g/mol. The average Bonchev–Trinajstić information content (AvgIpc) is 3.60. The largest absolute Gasteiger partial charge is 0.445 e. The van der Waals surface area contributed by atoms with E-state index in [1.165, 1.54) is 6.33 Å². The standard InChI is InChI=1S/C36H44N6O4/c1-4-5-16-32(33(43)39-25-36(2,3)29-14-10-7-11-15-29)42(23-27-17-19-37-20-18-27)34(44)31(21-30-22-38-26-40-30)41-35(45)46-24-28-12-8-6-9-13-28/h6-15,17-20,22,26,31-32H,4-5,16,21,23-25H2,1-3H3,(H,38,40)(H,39,43)(H,41,45). The molecule has 2 atom stereocenters. The number of amides is 3. The Morgan fingerprint density at radius 2 is 1.63 bits per heavy atom. The van der Waals surface area contributed by atoms with Gasteiger partial charge >= 0.3 is 6.09 Å². The van der Waals surface area contributed by atoms with Crippen molar-refractivity contribution in [3.63, 3.8) is 0 Å². The van der Waals surface area contributed by atoms with Gasteiger partial charge in [0.1, 0.15) is 18.7 Å². The first-order valence-electron chi connectivity index (χ1n) is 15.7. The summed E-state index contributed by atoms with van der Waals surface area (Å²) in [5.41, 5.74) is 3.06. The molecule has 0 saturated heterocycles. The normalized spacial score (nSPS) is 12.5. The number of rotatable bonds is 16. The zero-order valence-corrected chi connectivity index (χ0v) is 26.8. The molecule has 46 heavy (non-hydrogen) atoms. The minimum atomic E-state index is -1.02. The molecule has 0 saturated carbocycles. The summed E-state index contributed by atoms with van der Waals surface area (Å²) in [6.45, 7) is 6.80. The van der Waals surface area contributed by atoms with Crippen molar-refractivity contribution >= 4 is 17.9 Å². The van der Waals surface area contributed by atoms with E-state index in [2.05, 4.69) is 39.4 Å². The molecule has 0 aliphatic carbocycles. The summed E-state index contributed by atoms with van der Waals surface area (Å²) in [7, 11) is 0. The van der Waals surface area contributed by atoms with Gasteiger partial charge < -0.3 is 25.3 Å². The van der Waals surface area contributed by atoms with Gasteiger partial charge in [-0.3, -0.25) is 14.6 Å². The molecule has 2 heterocycles. The number of alkyl carbamates (subject to hydrolysis) is 1. The molecule has 10 heteroatoms. The van der Waals surface area contributed by atoms with Crippen LogP contribution in [-0.4, -0.2) is 56.4 Å². The zero-order valence-electron chi connectivity index (χ0n) is 26.8. The Labute approximate surface area is 271 Å². The van der Waals surface area contributed by atoms with E-state index in [1.54, 1.807) is 23.5 Å². The zero-order chi connectivity index (χ0) is 32.8. The number of nitrogens with one attached hydrogen (secondary N) is 3. The number of H-pyrrole nitrogens is 1. The molecule has 0 radical (unpaired) electrons. The van der Waals surface area contributed by atoms with E-state index in [0.29, 0.717) is 18.7 Å². The number of hydrogen-bond acceptors (Lipinski definition) is 6. The van der Waals surface area contributed by atoms with Crippen LogP contribution in [0, 0.1) is 0 Å². The van der Waals surface area contributed by atoms with Gasteiger partial charge in [0.05, 0.1) is 6.33 Å². The Kier molecular flexibility index (Phi) is 12.5. The maximum atomic E-state index is 14.5. The van der Waals surface area contributed by atoms with Gasteiger partial charge in [-0.2, -0.15) is 0 Å². The number of benzene rings is 2. The summed E-state index contributed by atoms with van der Waals surface area (Å²) in [5.74, 6) is -0.645. The fourth-order valence-corrected chi connectivity index (χ4v) is 5.19. The van der Waals surface area contributed by atoms with Crippen LogP contribution in [0.1, 0.15) is 62.4 Å². The van der Waals surface area contributed by atoms with Crippen LogP contribution in [0.3, 0.4) is 0 Å². The summed E-state index contributed by atoms with van der Waals surface area (Å²) in [4.78, 5) is 54.4. The Morgan fingerprint density at radius 3 is 2.28 bits per heavy atom. The Bertz CT molecular complexity index is 1500. The summed E-state index contributed by atoms with van der Waals surface area (Å²) in [6.07, 6.45) is 7.88. The molecule has 10 nitrogen and oxygen atoms in total. The van der Waals surface area contributed by atoms with Gasteiger partial charge in [-0.05, 0) is 35.2 Å². The molecule has 4 aromatic rings. The van der Waals surface area contributed by atoms with Gasteiger partial charge in [0.25, 0.3) is 0 Å². The number of pyridine rings is 1. The van der Waals surface area contributed by atoms with E-state index < -0.39 is 24.1 Å². The lowest BCUT2D eigenvalue weighted by Crippen LogP contribution is -2.57. The molecule has 0 aliphatic heterocycles. The van der Waals surface area contributed by atoms with E-state index >= 15 is 0 Å². The van der Waals surface area contributed by atoms with Gasteiger partial charge in [0, 0.05) is 49.2 Å². The molecule has 0 aliphatic rings. The fourth-order valence-electron chi connectivity index (χ4n) is 5.19. The van der Waals surface area contributed by atoms with E-state index in [1.807, 2.05) is 79.7 Å². The lowest BCUT2D eigenvalue weighted by molar-refractivity contribution is -0.143. The average molecular weight is 625 g/mol. The summed E-state index contributed by atoms with van der Waals surface area (Å²) < 4.78 is 5.48. The third-order valence-electron chi connectivity index (χ3n) is 7.94. The minimum absolute atomic E-state index is 0.0527. The summed E-state index contributed by atoms with van der Waals surface area (Å²) >= 11 is 0. The van der Waals surface area contributed by atoms with Crippen molar-refractivity contribution < 1.29 is 19.1 Å². The lowest BCUT2D eigenvalue weighted by atomic mass is 9.84. The van der Waals surface area contributed by atoms with Gasteiger partial charge in [0.2, 0.25) is 11.8 Å². The number of aromatic amines is 1. The third-order valence-corrected chi connectivity index (χ3v) is 7.94. The second kappa shape index (κ2) is 16.9. The smallest absolute Gasteiger partial charge is 0.408 e. The van der Waals surface area contributed by atoms with Crippen LogP contribution in [0.15, 0.2) is 97.7 Å². The quantitative estimate of drug-likeness (QED) is 0.155. The third kappa shape index (κ3) is 10.0. The first kappa shape index (κ1) is 33.9. The maximum absolute atomic E-state index is 14.5. The van der Waals surface area contributed by atoms with Crippen LogP contribution in [0.2, 0.25) is 0 Å². The number of hydrogen-bond donors (Lipinski definition) is 3. The van der Waals surface area contributed by atoms with Gasteiger partial charge in [-0.15, -0.1) is 0 Å². The van der Waals surface area contributed by atoms with Crippen molar-refractivity contribution in [2.75, 3.05) is 6.54 Å². The molecule has 0 fully saturated rings. The number of carbonyl (C=O) groups is 3. The lowest BCUT2D eigenvalue weighted by Gasteiger charge is -2.35. The number of ether oxygens (including phenoxy) is 1. The highest BCUT2D eigenvalue weighted by atomic mass is 16.5. The van der Waals surface area contributed by atoms with Crippen LogP contribution < -0.4 is 10.6 Å². The first-order valence-corrected chi connectivity index (χ1v) is 15.7. The molecule has 3 amide bonds. The minimum Gasteiger partial charge on any atom is -0.445 e. The van der Waals surface area contributed by atoms with Gasteiger partial charge in [0.15, 0.2) is 0 Å². The molecule has 242 valence electrons. The van der Waals surface area contributed by atoms with Crippen LogP contribution in [-0.2, 0) is 39.3 Å². The number of carbonyl (C=O) groups excluding carboxylic acids is 3. The first-order chi connectivity index (χ1) is 22.3. The highest BCUT2D eigenvalue weighted by Crippen LogP contribution is 2.23. The number of imidazole rings is 1. The van der Waals surface area contributed by atoms with E-state index in [9.17, 15) is 14.4 Å². The Balaban J connectivity index is 1.60. The number of nitrogens with zero attached hydrogens (tertiary/aromatic N) is 3. The highest BCUT2D eigenvalue weighted by molar-refractivity contribution is 5.91. The van der Waals surface area contributed by atoms with Crippen LogP contribution in [0.25, 0.3) is 0 Å². The summed E-state index contributed by atoms with van der Waals surface area (Å²) in [6, 6.07) is 21.2. The Hall–Kier alpha value is -4.99. The molecule has 0 spiro atoms. The van der Waals surface area contributed by atoms with E-state index in [0.717, 1.165) is 29.5 Å². The van der Waals surface area contributed by atoms with Crippen molar-refractivity contribution in [1.82, 2.24) is 30.5 Å². The molecule has 4 rings (SSSR count). The van der Waals surface area contributed by atoms with Crippen LogP contribution in [0.5, 0.6) is 0 Å². The van der Waals surface area contributed by atoms with Crippen molar-refractivity contribution in [3.8, 4) is 0 Å². The van der Waals surface area contributed by atoms with Crippen LogP contribution in [0.4, 0.5) is 4.79 Å². The molecule has 2 aromatic carbocycles. The van der Waals surface area contributed by atoms with Crippen LogP contribution >= 0.6 is 0 Å². The topological polar surface area (TPSA) is 129 Å². The SMILES string of the molecule is CCCCC(C(=O)NCC(C)(C)c1ccccc1)N(Cc1ccncc1)C(=O)C(Cc1cnc[nH]1)NC(=O)OCc1ccccc1.